The Bertz CT molecular complexity index is 685. The molecule has 0 amide bonds. The van der Waals surface area contributed by atoms with Crippen molar-refractivity contribution < 1.29 is 9.84 Å². The molecule has 118 valence electrons. The largest absolute Gasteiger partial charge is 0.497 e. The van der Waals surface area contributed by atoms with E-state index >= 15 is 0 Å². The van der Waals surface area contributed by atoms with Crippen molar-refractivity contribution in [2.75, 3.05) is 19.0 Å². The molecule has 0 unspecified atom stereocenters. The van der Waals surface area contributed by atoms with Gasteiger partial charge in [-0.15, -0.1) is 0 Å². The van der Waals surface area contributed by atoms with Crippen molar-refractivity contribution >= 4 is 17.3 Å². The fraction of sp³-hybridized carbons (Fsp3) is 0.333. The molecule has 1 heterocycles. The number of aromatic nitrogens is 2. The Kier molecular flexibility index (Phi) is 5.41. The summed E-state index contributed by atoms with van der Waals surface area (Å²) in [7, 11) is 1.60. The molecular formula is C15H18ClN3O3. The molecule has 0 aliphatic heterocycles. The van der Waals surface area contributed by atoms with Crippen LogP contribution < -0.4 is 15.6 Å². The second kappa shape index (κ2) is 7.29. The van der Waals surface area contributed by atoms with Crippen LogP contribution in [0.3, 0.4) is 0 Å². The van der Waals surface area contributed by atoms with Crippen LogP contribution >= 0.6 is 11.6 Å². The summed E-state index contributed by atoms with van der Waals surface area (Å²) in [6.45, 7) is 2.03. The maximum absolute atomic E-state index is 12.2. The zero-order valence-corrected chi connectivity index (χ0v) is 13.2. The van der Waals surface area contributed by atoms with Gasteiger partial charge in [0.1, 0.15) is 10.8 Å². The van der Waals surface area contributed by atoms with Gasteiger partial charge in [0.2, 0.25) is 0 Å². The van der Waals surface area contributed by atoms with Gasteiger partial charge in [-0.1, -0.05) is 23.7 Å². The lowest BCUT2D eigenvalue weighted by Crippen LogP contribution is -2.27. The van der Waals surface area contributed by atoms with Gasteiger partial charge in [-0.05, 0) is 24.6 Å². The highest BCUT2D eigenvalue weighted by Crippen LogP contribution is 2.17. The van der Waals surface area contributed by atoms with Crippen LogP contribution in [-0.2, 0) is 6.54 Å². The molecule has 2 N–H and O–H groups in total. The molecule has 0 aliphatic rings. The molecule has 0 saturated heterocycles. The number of anilines is 1. The van der Waals surface area contributed by atoms with Crippen molar-refractivity contribution in [3.05, 3.63) is 51.4 Å². The van der Waals surface area contributed by atoms with Crippen LogP contribution in [0.15, 0.2) is 35.3 Å². The van der Waals surface area contributed by atoms with Crippen LogP contribution in [0.5, 0.6) is 5.75 Å². The average Bonchev–Trinajstić information content (AvgIpc) is 2.55. The first kappa shape index (κ1) is 16.3. The molecule has 0 fully saturated rings. The molecular weight excluding hydrogens is 306 g/mol. The van der Waals surface area contributed by atoms with Gasteiger partial charge >= 0.3 is 0 Å². The van der Waals surface area contributed by atoms with Crippen molar-refractivity contribution in [2.45, 2.75) is 19.5 Å². The maximum atomic E-state index is 12.2. The van der Waals surface area contributed by atoms with E-state index in [4.69, 9.17) is 21.4 Å². The fourth-order valence-electron chi connectivity index (χ4n) is 1.89. The first-order chi connectivity index (χ1) is 10.5. The molecule has 0 aliphatic carbocycles. The summed E-state index contributed by atoms with van der Waals surface area (Å²) in [6, 6.07) is 7.15. The Morgan fingerprint density at radius 1 is 1.41 bits per heavy atom. The molecule has 0 spiro atoms. The summed E-state index contributed by atoms with van der Waals surface area (Å²) in [5, 5.41) is 16.1. The number of benzene rings is 1. The summed E-state index contributed by atoms with van der Waals surface area (Å²) in [4.78, 5) is 12.2. The zero-order chi connectivity index (χ0) is 16.1. The highest BCUT2D eigenvalue weighted by Gasteiger charge is 2.11. The Labute approximate surface area is 133 Å². The molecule has 2 rings (SSSR count). The van der Waals surface area contributed by atoms with Crippen LogP contribution in [0.25, 0.3) is 0 Å². The highest BCUT2D eigenvalue weighted by atomic mass is 35.5. The van der Waals surface area contributed by atoms with Crippen LogP contribution in [0.4, 0.5) is 5.69 Å². The van der Waals surface area contributed by atoms with Crippen molar-refractivity contribution in [3.8, 4) is 5.75 Å². The smallest absolute Gasteiger partial charge is 0.287 e. The number of hydrogen-bond donors (Lipinski definition) is 2. The van der Waals surface area contributed by atoms with Crippen LogP contribution in [0, 0.1) is 0 Å². The van der Waals surface area contributed by atoms with E-state index in [2.05, 4.69) is 10.4 Å². The Hall–Kier alpha value is -2.05. The van der Waals surface area contributed by atoms with Gasteiger partial charge in [-0.25, -0.2) is 4.68 Å². The van der Waals surface area contributed by atoms with Gasteiger partial charge in [0.15, 0.2) is 0 Å². The van der Waals surface area contributed by atoms with Crippen molar-refractivity contribution in [2.24, 2.45) is 0 Å². The minimum Gasteiger partial charge on any atom is -0.497 e. The first-order valence-corrected chi connectivity index (χ1v) is 7.19. The molecule has 1 atom stereocenters. The van der Waals surface area contributed by atoms with E-state index in [0.717, 1.165) is 11.3 Å². The van der Waals surface area contributed by atoms with Gasteiger partial charge in [-0.2, -0.15) is 5.10 Å². The highest BCUT2D eigenvalue weighted by molar-refractivity contribution is 6.32. The molecule has 2 aromatic rings. The SMILES string of the molecule is COc1ccc(Cn2ncc(N[C@@H](C)CO)c(Cl)c2=O)cc1. The number of methoxy groups -OCH3 is 1. The van der Waals surface area contributed by atoms with Crippen LogP contribution in [0.2, 0.25) is 5.02 Å². The first-order valence-electron chi connectivity index (χ1n) is 6.81. The molecule has 0 saturated carbocycles. The monoisotopic (exact) mass is 323 g/mol. The summed E-state index contributed by atoms with van der Waals surface area (Å²) in [5.74, 6) is 0.750. The summed E-state index contributed by atoms with van der Waals surface area (Å²) in [5.41, 5.74) is 0.947. The third-order valence-corrected chi connectivity index (χ3v) is 3.52. The quantitative estimate of drug-likeness (QED) is 0.847. The van der Waals surface area contributed by atoms with Gasteiger partial charge in [0.05, 0.1) is 32.1 Å². The van der Waals surface area contributed by atoms with Crippen molar-refractivity contribution in [1.29, 1.82) is 0 Å². The standard InChI is InChI=1S/C15H18ClN3O3/c1-10(9-20)18-13-7-17-19(15(21)14(13)16)8-11-3-5-12(22-2)6-4-11/h3-7,10,18,20H,8-9H2,1-2H3/t10-/m0/s1. The maximum Gasteiger partial charge on any atom is 0.287 e. The Morgan fingerprint density at radius 3 is 2.68 bits per heavy atom. The zero-order valence-electron chi connectivity index (χ0n) is 12.4. The van der Waals surface area contributed by atoms with Crippen LogP contribution in [-0.4, -0.2) is 34.6 Å². The second-order valence-corrected chi connectivity index (χ2v) is 5.29. The normalized spacial score (nSPS) is 12.0. The molecule has 22 heavy (non-hydrogen) atoms. The number of aliphatic hydroxyl groups is 1. The number of ether oxygens (including phenoxy) is 1. The molecule has 0 radical (unpaired) electrons. The average molecular weight is 324 g/mol. The summed E-state index contributed by atoms with van der Waals surface area (Å²) in [6.07, 6.45) is 1.49. The minimum atomic E-state index is -0.382. The van der Waals surface area contributed by atoms with Gasteiger partial charge in [0.25, 0.3) is 5.56 Å². The molecule has 1 aromatic heterocycles. The summed E-state index contributed by atoms with van der Waals surface area (Å²) >= 11 is 6.08. The van der Waals surface area contributed by atoms with E-state index in [-0.39, 0.29) is 23.2 Å². The van der Waals surface area contributed by atoms with Crippen molar-refractivity contribution in [1.82, 2.24) is 9.78 Å². The van der Waals surface area contributed by atoms with E-state index in [9.17, 15) is 4.79 Å². The Balaban J connectivity index is 2.21. The molecule has 7 heteroatoms. The van der Waals surface area contributed by atoms with E-state index in [1.54, 1.807) is 14.0 Å². The lowest BCUT2D eigenvalue weighted by atomic mass is 10.2. The third-order valence-electron chi connectivity index (χ3n) is 3.15. The second-order valence-electron chi connectivity index (χ2n) is 4.91. The molecule has 0 bridgehead atoms. The third kappa shape index (κ3) is 3.78. The molecule has 1 aromatic carbocycles. The number of rotatable bonds is 6. The number of hydrogen-bond acceptors (Lipinski definition) is 5. The van der Waals surface area contributed by atoms with Gasteiger partial charge in [0, 0.05) is 6.04 Å². The number of halogens is 1. The molecule has 6 nitrogen and oxygen atoms in total. The van der Waals surface area contributed by atoms with E-state index in [0.29, 0.717) is 12.2 Å². The predicted octanol–water partition coefficient (Wildman–Crippen LogP) is 1.75. The van der Waals surface area contributed by atoms with Crippen LogP contribution in [0.1, 0.15) is 12.5 Å². The van der Waals surface area contributed by atoms with Crippen molar-refractivity contribution in [3.63, 3.8) is 0 Å². The number of aliphatic hydroxyl groups excluding tert-OH is 1. The Morgan fingerprint density at radius 2 is 2.09 bits per heavy atom. The van der Waals surface area contributed by atoms with Gasteiger partial charge in [-0.3, -0.25) is 4.79 Å². The minimum absolute atomic E-state index is 0.0591. The topological polar surface area (TPSA) is 76.4 Å². The lowest BCUT2D eigenvalue weighted by molar-refractivity contribution is 0.281. The number of nitrogens with zero attached hydrogens (tertiary/aromatic N) is 2. The van der Waals surface area contributed by atoms with Gasteiger partial charge < -0.3 is 15.2 Å². The summed E-state index contributed by atoms with van der Waals surface area (Å²) < 4.78 is 6.38. The predicted molar refractivity (Wildman–Crippen MR) is 85.8 cm³/mol. The number of nitrogens with one attached hydrogen (secondary N) is 1. The van der Waals surface area contributed by atoms with E-state index < -0.39 is 0 Å². The van der Waals surface area contributed by atoms with E-state index in [1.807, 2.05) is 24.3 Å². The fourth-order valence-corrected chi connectivity index (χ4v) is 2.09. The lowest BCUT2D eigenvalue weighted by Gasteiger charge is -2.14. The van der Waals surface area contributed by atoms with E-state index in [1.165, 1.54) is 10.9 Å².